The van der Waals surface area contributed by atoms with Crippen LogP contribution in [0.25, 0.3) is 5.32 Å². The smallest absolute Gasteiger partial charge is 0.468 e. The van der Waals surface area contributed by atoms with E-state index in [0.29, 0.717) is 5.56 Å². The molecule has 14 heteroatoms. The molecule has 0 radical (unpaired) electrons. The van der Waals surface area contributed by atoms with Crippen molar-refractivity contribution in [3.05, 3.63) is 69.3 Å². The number of carbonyl (C=O) groups excluding carboxylic acids is 1. The van der Waals surface area contributed by atoms with Crippen LogP contribution >= 0.6 is 11.6 Å². The quantitative estimate of drug-likeness (QED) is 0.129. The Labute approximate surface area is 269 Å². The molecule has 0 saturated carbocycles. The summed E-state index contributed by atoms with van der Waals surface area (Å²) in [6.45, 7) is 1.91. The molecule has 6 N–H and O–H groups in total. The molecule has 1 amide bonds. The number of carbonyl (C=O) groups is 1. The number of aliphatic hydroxyl groups is 2. The molecule has 0 bridgehead atoms. The number of nitriles is 2. The molecule has 0 spiro atoms. The van der Waals surface area contributed by atoms with E-state index in [1.54, 1.807) is 26.2 Å². The van der Waals surface area contributed by atoms with Gasteiger partial charge in [-0.1, -0.05) is 30.6 Å². The number of nitrogens with zero attached hydrogens (tertiary/aromatic N) is 5. The molecule has 38 heavy (non-hydrogen) atoms. The molecule has 0 aliphatic rings. The average Bonchev–Trinajstić information content (AvgIpc) is 2.94. The van der Waals surface area contributed by atoms with Crippen molar-refractivity contribution < 1.29 is 71.1 Å². The Bertz CT molecular complexity index is 1190. The van der Waals surface area contributed by atoms with Crippen LogP contribution in [0.15, 0.2) is 52.8 Å². The zero-order valence-corrected chi connectivity index (χ0v) is 25.6. The van der Waals surface area contributed by atoms with Crippen molar-refractivity contribution in [1.29, 1.82) is 15.9 Å². The zero-order chi connectivity index (χ0) is 28.4. The fourth-order valence-electron chi connectivity index (χ4n) is 2.23. The second-order valence-corrected chi connectivity index (χ2v) is 7.01. The van der Waals surface area contributed by atoms with E-state index in [0.717, 1.165) is 13.3 Å². The van der Waals surface area contributed by atoms with Crippen molar-refractivity contribution in [3.63, 3.8) is 0 Å². The van der Waals surface area contributed by atoms with Crippen molar-refractivity contribution in [1.82, 2.24) is 4.98 Å². The Hall–Kier alpha value is -2.69. The van der Waals surface area contributed by atoms with E-state index in [9.17, 15) is 10.1 Å². The van der Waals surface area contributed by atoms with Crippen LogP contribution in [0.4, 0.5) is 11.5 Å². The Morgan fingerprint density at radius 3 is 2.42 bits per heavy atom. The van der Waals surface area contributed by atoms with Gasteiger partial charge in [-0.15, -0.1) is 0 Å². The minimum Gasteiger partial charge on any atom is -0.468 e. The number of likely N-dealkylation sites (N-methyl/N-ethyl adjacent to an activating group) is 1. The monoisotopic (exact) mass is 566 g/mol. The van der Waals surface area contributed by atoms with Gasteiger partial charge < -0.3 is 41.7 Å². The van der Waals surface area contributed by atoms with Crippen molar-refractivity contribution in [2.24, 2.45) is 10.7 Å². The standard InChI is InChI=1S/C19H15ClN8O.C4H10O2.CH4O.K/c1-25-18(28-17-12(8-22)3-2-4-14(17)20)13(9-23)16(24)19(29)27-15-6-5-11(7-21)10-26-15;1-4(3-5)6-2;1-2;/h2-6,9-10H,1H3,(H5,23,24,25,26,27,28,29);4-5H,3H2,1-2H3;2H,1H3;/q;;;+1/p-1. The largest absolute Gasteiger partial charge is 1.00 e. The van der Waals surface area contributed by atoms with Gasteiger partial charge in [0.2, 0.25) is 0 Å². The molecule has 2 rings (SSSR count). The summed E-state index contributed by atoms with van der Waals surface area (Å²) in [5.41, 5.74) is 6.20. The number of anilines is 1. The number of benzene rings is 1. The summed E-state index contributed by atoms with van der Waals surface area (Å²) in [4.78, 5) is 20.6. The molecule has 1 atom stereocenters. The summed E-state index contributed by atoms with van der Waals surface area (Å²) < 4.78 is 4.65. The average molecular weight is 567 g/mol. The number of rotatable bonds is 7. The van der Waals surface area contributed by atoms with E-state index < -0.39 is 5.91 Å². The second kappa shape index (κ2) is 21.3. The Morgan fingerprint density at radius 2 is 2.00 bits per heavy atom. The number of ether oxygens (including phenoxy) is 1. The number of methoxy groups -OCH3 is 1. The Balaban J connectivity index is 0. The van der Waals surface area contributed by atoms with Crippen molar-refractivity contribution >= 4 is 41.1 Å². The number of nitrogens with one attached hydrogen (secondary N) is 2. The Morgan fingerprint density at radius 1 is 1.34 bits per heavy atom. The number of hydrogen-bond acceptors (Lipinski definition) is 10. The van der Waals surface area contributed by atoms with Crippen LogP contribution in [0.1, 0.15) is 18.1 Å². The van der Waals surface area contributed by atoms with Crippen LogP contribution in [0.2, 0.25) is 5.02 Å². The third kappa shape index (κ3) is 12.2. The first-order valence-corrected chi connectivity index (χ1v) is 10.8. The molecule has 1 aromatic heterocycles. The summed E-state index contributed by atoms with van der Waals surface area (Å²) in [5.74, 6) is -0.618. The molecule has 0 saturated heterocycles. The van der Waals surface area contributed by atoms with E-state index in [1.165, 1.54) is 31.4 Å². The molecular formula is C24H28ClKN8O4. The molecular weight excluding hydrogens is 539 g/mol. The number of amides is 1. The minimum absolute atomic E-state index is 0. The maximum atomic E-state index is 12.5. The number of aliphatic imine (C=N–C) groups is 1. The number of nitrogens with two attached hydrogens (primary N) is 1. The van der Waals surface area contributed by atoms with Gasteiger partial charge in [0.25, 0.3) is 5.91 Å². The first-order chi connectivity index (χ1) is 17.8. The second-order valence-electron chi connectivity index (χ2n) is 6.61. The number of amidine groups is 1. The van der Waals surface area contributed by atoms with E-state index in [2.05, 4.69) is 25.3 Å². The van der Waals surface area contributed by atoms with Gasteiger partial charge in [-0.3, -0.25) is 4.79 Å². The molecule has 196 valence electrons. The van der Waals surface area contributed by atoms with Crippen LogP contribution < -0.4 is 62.4 Å². The number of aromatic nitrogens is 1. The van der Waals surface area contributed by atoms with Crippen LogP contribution in [0, 0.1) is 28.1 Å². The summed E-state index contributed by atoms with van der Waals surface area (Å²) >= 11 is 6.12. The summed E-state index contributed by atoms with van der Waals surface area (Å²) in [5, 5.41) is 47.5. The molecule has 2 aromatic rings. The van der Waals surface area contributed by atoms with Gasteiger partial charge in [0.1, 0.15) is 17.6 Å². The van der Waals surface area contributed by atoms with Gasteiger partial charge >= 0.3 is 51.4 Å². The summed E-state index contributed by atoms with van der Waals surface area (Å²) in [6, 6.07) is 11.5. The maximum Gasteiger partial charge on any atom is 1.00 e. The van der Waals surface area contributed by atoms with E-state index >= 15 is 0 Å². The topological polar surface area (TPSA) is 216 Å². The number of pyridine rings is 1. The SMILES string of the molecule is CO.COC(C)CO.C[N-]C(=Nc1c(Cl)cccc1C#N)/C(C=N)=C(\N)C(=O)Nc1ccc(C#N)cn1.[K+]. The first kappa shape index (κ1) is 37.5. The number of aliphatic hydroxyl groups excluding tert-OH is 2. The molecule has 0 aliphatic carbocycles. The number of halogens is 1. The number of para-hydroxylation sites is 1. The predicted octanol–water partition coefficient (Wildman–Crippen LogP) is -0.361. The van der Waals surface area contributed by atoms with Crippen LogP contribution in [0.3, 0.4) is 0 Å². The van der Waals surface area contributed by atoms with Crippen LogP contribution in [0.5, 0.6) is 0 Å². The van der Waals surface area contributed by atoms with Crippen molar-refractivity contribution in [2.45, 2.75) is 13.0 Å². The summed E-state index contributed by atoms with van der Waals surface area (Å²) in [6.07, 6.45) is 2.11. The molecule has 1 unspecified atom stereocenters. The molecule has 0 aliphatic heterocycles. The number of hydrogen-bond donors (Lipinski definition) is 5. The van der Waals surface area contributed by atoms with Gasteiger partial charge in [-0.25, -0.2) is 4.98 Å². The van der Waals surface area contributed by atoms with E-state index in [-0.39, 0.29) is 103 Å². The fourth-order valence-corrected chi connectivity index (χ4v) is 2.45. The van der Waals surface area contributed by atoms with Crippen LogP contribution in [-0.2, 0) is 9.53 Å². The summed E-state index contributed by atoms with van der Waals surface area (Å²) in [7, 11) is 3.97. The van der Waals surface area contributed by atoms with Crippen LogP contribution in [-0.4, -0.2) is 67.1 Å². The van der Waals surface area contributed by atoms with Gasteiger partial charge in [0, 0.05) is 37.2 Å². The van der Waals surface area contributed by atoms with Crippen molar-refractivity contribution in [3.8, 4) is 12.1 Å². The van der Waals surface area contributed by atoms with Gasteiger partial charge in [-0.2, -0.15) is 10.5 Å². The normalized spacial score (nSPS) is 11.2. The molecule has 1 aromatic carbocycles. The zero-order valence-electron chi connectivity index (χ0n) is 21.7. The Kier molecular flexibility index (Phi) is 21.0. The molecule has 1 heterocycles. The predicted molar refractivity (Wildman–Crippen MR) is 142 cm³/mol. The van der Waals surface area contributed by atoms with E-state index in [4.69, 9.17) is 38.2 Å². The van der Waals surface area contributed by atoms with Gasteiger partial charge in [-0.05, 0) is 36.9 Å². The minimum atomic E-state index is -0.739. The van der Waals surface area contributed by atoms with Crippen molar-refractivity contribution in [2.75, 3.05) is 33.2 Å². The first-order valence-electron chi connectivity index (χ1n) is 10.4. The fraction of sp³-hybridized carbons (Fsp3) is 0.250. The van der Waals surface area contributed by atoms with E-state index in [1.807, 2.05) is 12.1 Å². The van der Waals surface area contributed by atoms with Gasteiger partial charge in [0.15, 0.2) is 0 Å². The maximum absolute atomic E-state index is 12.5. The van der Waals surface area contributed by atoms with Gasteiger partial charge in [0.05, 0.1) is 29.9 Å². The molecule has 12 nitrogen and oxygen atoms in total. The third-order valence-corrected chi connectivity index (χ3v) is 4.56. The molecule has 0 fully saturated rings. The third-order valence-electron chi connectivity index (χ3n) is 4.25.